The van der Waals surface area contributed by atoms with Crippen molar-refractivity contribution in [3.63, 3.8) is 0 Å². The molecular weight excluding hydrogens is 434 g/mol. The van der Waals surface area contributed by atoms with Gasteiger partial charge in [-0.2, -0.15) is 18.3 Å². The highest BCUT2D eigenvalue weighted by Crippen LogP contribution is 2.39. The summed E-state index contributed by atoms with van der Waals surface area (Å²) < 4.78 is 40.2. The molecule has 0 radical (unpaired) electrons. The number of aromatic nitrogens is 2. The molecule has 1 aromatic heterocycles. The van der Waals surface area contributed by atoms with Gasteiger partial charge in [0.1, 0.15) is 0 Å². The lowest BCUT2D eigenvalue weighted by Gasteiger charge is -2.30. The van der Waals surface area contributed by atoms with Crippen LogP contribution in [-0.2, 0) is 13.6 Å². The van der Waals surface area contributed by atoms with Crippen LogP contribution >= 0.6 is 24.0 Å². The molecule has 0 saturated heterocycles. The molecule has 138 valence electrons. The molecular formula is C15H25F3IN5. The van der Waals surface area contributed by atoms with Gasteiger partial charge in [0.15, 0.2) is 5.96 Å². The molecule has 0 spiro atoms. The fourth-order valence-electron chi connectivity index (χ4n) is 2.98. The minimum atomic E-state index is -4.07. The normalized spacial score (nSPS) is 22.0. The van der Waals surface area contributed by atoms with Crippen molar-refractivity contribution in [1.29, 1.82) is 0 Å². The van der Waals surface area contributed by atoms with E-state index in [0.717, 1.165) is 12.0 Å². The number of hydrogen-bond acceptors (Lipinski definition) is 2. The van der Waals surface area contributed by atoms with Crippen LogP contribution in [0.2, 0.25) is 0 Å². The van der Waals surface area contributed by atoms with Crippen molar-refractivity contribution in [3.8, 4) is 0 Å². The van der Waals surface area contributed by atoms with E-state index in [1.54, 1.807) is 17.9 Å². The Morgan fingerprint density at radius 3 is 2.71 bits per heavy atom. The predicted octanol–water partition coefficient (Wildman–Crippen LogP) is 3.07. The van der Waals surface area contributed by atoms with Gasteiger partial charge in [-0.05, 0) is 25.2 Å². The number of aryl methyl sites for hydroxylation is 1. The molecule has 0 bridgehead atoms. The quantitative estimate of drug-likeness (QED) is 0.414. The Bertz CT molecular complexity index is 529. The third-order valence-electron chi connectivity index (χ3n) is 4.25. The number of nitrogens with zero attached hydrogens (tertiary/aromatic N) is 3. The maximum absolute atomic E-state index is 12.8. The summed E-state index contributed by atoms with van der Waals surface area (Å²) >= 11 is 0. The topological polar surface area (TPSA) is 54.2 Å². The van der Waals surface area contributed by atoms with Crippen molar-refractivity contribution < 1.29 is 13.2 Å². The van der Waals surface area contributed by atoms with E-state index in [0.29, 0.717) is 25.5 Å². The number of rotatable bonds is 4. The minimum absolute atomic E-state index is 0. The molecule has 1 aliphatic rings. The molecule has 1 aliphatic carbocycles. The molecule has 2 unspecified atom stereocenters. The molecule has 1 saturated carbocycles. The molecule has 1 aromatic rings. The number of halogens is 4. The molecule has 9 heteroatoms. The van der Waals surface area contributed by atoms with Gasteiger partial charge in [-0.3, -0.25) is 9.67 Å². The monoisotopic (exact) mass is 459 g/mol. The van der Waals surface area contributed by atoms with Crippen molar-refractivity contribution in [2.24, 2.45) is 23.9 Å². The lowest BCUT2D eigenvalue weighted by Crippen LogP contribution is -2.41. The summed E-state index contributed by atoms with van der Waals surface area (Å²) in [4.78, 5) is 4.11. The molecule has 0 aliphatic heterocycles. The van der Waals surface area contributed by atoms with Crippen LogP contribution in [0.4, 0.5) is 13.2 Å². The molecule has 0 amide bonds. The maximum atomic E-state index is 12.8. The zero-order valence-corrected chi connectivity index (χ0v) is 16.3. The average Bonchev–Trinajstić information content (AvgIpc) is 2.92. The number of nitrogens with one attached hydrogen (secondary N) is 2. The van der Waals surface area contributed by atoms with Crippen LogP contribution in [0.3, 0.4) is 0 Å². The number of aliphatic imine (C=N–C) groups is 1. The van der Waals surface area contributed by atoms with E-state index >= 15 is 0 Å². The first-order valence-corrected chi connectivity index (χ1v) is 7.87. The van der Waals surface area contributed by atoms with Crippen molar-refractivity contribution in [1.82, 2.24) is 20.4 Å². The third-order valence-corrected chi connectivity index (χ3v) is 4.25. The minimum Gasteiger partial charge on any atom is -0.356 e. The van der Waals surface area contributed by atoms with E-state index in [1.807, 2.05) is 13.2 Å². The lowest BCUT2D eigenvalue weighted by atomic mass is 9.81. The first-order valence-electron chi connectivity index (χ1n) is 7.87. The van der Waals surface area contributed by atoms with Gasteiger partial charge in [-0.15, -0.1) is 24.0 Å². The van der Waals surface area contributed by atoms with Crippen LogP contribution in [0.5, 0.6) is 0 Å². The van der Waals surface area contributed by atoms with Crippen molar-refractivity contribution in [2.75, 3.05) is 13.6 Å². The second-order valence-electron chi connectivity index (χ2n) is 6.10. The van der Waals surface area contributed by atoms with Gasteiger partial charge in [0.25, 0.3) is 0 Å². The van der Waals surface area contributed by atoms with E-state index in [-0.39, 0.29) is 42.7 Å². The fourth-order valence-corrected chi connectivity index (χ4v) is 2.98. The number of alkyl halides is 3. The maximum Gasteiger partial charge on any atom is 0.391 e. The summed E-state index contributed by atoms with van der Waals surface area (Å²) in [5.74, 6) is -0.524. The molecule has 24 heavy (non-hydrogen) atoms. The molecule has 2 N–H and O–H groups in total. The van der Waals surface area contributed by atoms with E-state index in [1.165, 1.54) is 0 Å². The number of hydrogen-bond donors (Lipinski definition) is 2. The Balaban J connectivity index is 0.00000288. The van der Waals surface area contributed by atoms with Gasteiger partial charge in [-0.1, -0.05) is 6.42 Å². The SMILES string of the molecule is CN=C(NCc1cnn(C)c1)NCC1CCCC(C(F)(F)F)C1.I. The molecule has 1 heterocycles. The van der Waals surface area contributed by atoms with Crippen molar-refractivity contribution in [2.45, 2.75) is 38.4 Å². The van der Waals surface area contributed by atoms with E-state index in [2.05, 4.69) is 20.7 Å². The van der Waals surface area contributed by atoms with Crippen LogP contribution in [0.1, 0.15) is 31.2 Å². The highest BCUT2D eigenvalue weighted by atomic mass is 127. The highest BCUT2D eigenvalue weighted by molar-refractivity contribution is 14.0. The fraction of sp³-hybridized carbons (Fsp3) is 0.733. The molecule has 1 fully saturated rings. The van der Waals surface area contributed by atoms with E-state index < -0.39 is 12.1 Å². The Labute approximate surface area is 157 Å². The van der Waals surface area contributed by atoms with Crippen LogP contribution in [0, 0.1) is 11.8 Å². The largest absolute Gasteiger partial charge is 0.391 e. The van der Waals surface area contributed by atoms with E-state index in [9.17, 15) is 13.2 Å². The summed E-state index contributed by atoms with van der Waals surface area (Å²) in [5.41, 5.74) is 1.02. The first kappa shape index (κ1) is 21.0. The summed E-state index contributed by atoms with van der Waals surface area (Å²) in [6.07, 6.45) is 1.52. The smallest absolute Gasteiger partial charge is 0.356 e. The molecule has 5 nitrogen and oxygen atoms in total. The summed E-state index contributed by atoms with van der Waals surface area (Å²) in [6.45, 7) is 1.09. The lowest BCUT2D eigenvalue weighted by molar-refractivity contribution is -0.185. The van der Waals surface area contributed by atoms with Crippen molar-refractivity contribution >= 4 is 29.9 Å². The Kier molecular flexibility index (Phi) is 8.31. The second kappa shape index (κ2) is 9.47. The molecule has 0 aromatic carbocycles. The third kappa shape index (κ3) is 6.48. The first-order chi connectivity index (χ1) is 10.9. The zero-order valence-electron chi connectivity index (χ0n) is 13.9. The van der Waals surface area contributed by atoms with Gasteiger partial charge in [0.05, 0.1) is 12.1 Å². The van der Waals surface area contributed by atoms with Gasteiger partial charge in [0, 0.05) is 38.9 Å². The Morgan fingerprint density at radius 2 is 2.12 bits per heavy atom. The second-order valence-corrected chi connectivity index (χ2v) is 6.10. The van der Waals surface area contributed by atoms with Gasteiger partial charge in [0.2, 0.25) is 0 Å². The Hall–Kier alpha value is -1.00. The Morgan fingerprint density at radius 1 is 1.38 bits per heavy atom. The standard InChI is InChI=1S/C15H24F3N5.HI/c1-19-14(21-8-12-9-22-23(2)10-12)20-7-11-4-3-5-13(6-11)15(16,17)18;/h9-11,13H,3-8H2,1-2H3,(H2,19,20,21);1H. The highest BCUT2D eigenvalue weighted by Gasteiger charge is 2.41. The van der Waals surface area contributed by atoms with Gasteiger partial charge >= 0.3 is 6.18 Å². The summed E-state index contributed by atoms with van der Waals surface area (Å²) in [6, 6.07) is 0. The van der Waals surface area contributed by atoms with Crippen LogP contribution in [0.25, 0.3) is 0 Å². The van der Waals surface area contributed by atoms with E-state index in [4.69, 9.17) is 0 Å². The van der Waals surface area contributed by atoms with Crippen LogP contribution < -0.4 is 10.6 Å². The summed E-state index contributed by atoms with van der Waals surface area (Å²) in [7, 11) is 3.49. The number of guanidine groups is 1. The van der Waals surface area contributed by atoms with Gasteiger partial charge < -0.3 is 10.6 Å². The van der Waals surface area contributed by atoms with Crippen LogP contribution in [-0.4, -0.2) is 35.5 Å². The zero-order chi connectivity index (χ0) is 16.9. The molecule has 2 atom stereocenters. The average molecular weight is 459 g/mol. The predicted molar refractivity (Wildman–Crippen MR) is 98.3 cm³/mol. The van der Waals surface area contributed by atoms with Gasteiger partial charge in [-0.25, -0.2) is 0 Å². The molecule has 2 rings (SSSR count). The summed E-state index contributed by atoms with van der Waals surface area (Å²) in [5, 5.41) is 10.4. The van der Waals surface area contributed by atoms with Crippen LogP contribution in [0.15, 0.2) is 17.4 Å². The van der Waals surface area contributed by atoms with Crippen molar-refractivity contribution in [3.05, 3.63) is 18.0 Å².